The number of amides is 1. The second-order valence-corrected chi connectivity index (χ2v) is 11.7. The number of hydrogen-bond donors (Lipinski definition) is 2. The monoisotopic (exact) mass is 588 g/mol. The summed E-state index contributed by atoms with van der Waals surface area (Å²) in [5, 5.41) is 17.2. The largest absolute Gasteiger partial charge is 0.481 e. The van der Waals surface area contributed by atoms with Gasteiger partial charge in [-0.2, -0.15) is 5.10 Å². The van der Waals surface area contributed by atoms with Gasteiger partial charge in [-0.1, -0.05) is 41.8 Å². The van der Waals surface area contributed by atoms with E-state index in [2.05, 4.69) is 15.4 Å². The van der Waals surface area contributed by atoms with Crippen LogP contribution in [-0.2, 0) is 9.59 Å². The van der Waals surface area contributed by atoms with E-state index in [9.17, 15) is 9.59 Å². The minimum absolute atomic E-state index is 0.122. The van der Waals surface area contributed by atoms with Gasteiger partial charge in [-0.05, 0) is 83.3 Å². The van der Waals surface area contributed by atoms with Crippen LogP contribution >= 0.6 is 23.2 Å². The van der Waals surface area contributed by atoms with E-state index in [0.29, 0.717) is 28.8 Å². The zero-order valence-corrected chi connectivity index (χ0v) is 25.0. The molecule has 1 aromatic carbocycles. The first-order valence-corrected chi connectivity index (χ1v) is 14.2. The number of halogens is 2. The Balaban J connectivity index is 0.000000280. The highest BCUT2D eigenvalue weighted by atomic mass is 35.5. The summed E-state index contributed by atoms with van der Waals surface area (Å²) in [4.78, 5) is 31.9. The minimum Gasteiger partial charge on any atom is -0.481 e. The van der Waals surface area contributed by atoms with Crippen LogP contribution in [0.2, 0.25) is 10.0 Å². The van der Waals surface area contributed by atoms with Crippen molar-refractivity contribution in [3.8, 4) is 0 Å². The normalized spacial score (nSPS) is 16.1. The van der Waals surface area contributed by atoms with Crippen molar-refractivity contribution in [2.45, 2.75) is 59.4 Å². The quantitative estimate of drug-likeness (QED) is 0.366. The topological polar surface area (TPSA) is 113 Å². The molecule has 5 rings (SSSR count). The molecular formula is C29H38Cl2N6O3. The van der Waals surface area contributed by atoms with Crippen LogP contribution in [0.1, 0.15) is 70.7 Å². The number of fused-ring (bicyclic) bond motifs is 1. The van der Waals surface area contributed by atoms with Crippen molar-refractivity contribution in [3.05, 3.63) is 58.0 Å². The zero-order chi connectivity index (χ0) is 29.3. The maximum atomic E-state index is 10.9. The van der Waals surface area contributed by atoms with E-state index in [1.54, 1.807) is 44.1 Å². The number of aliphatic carboxylic acids is 1. The molecule has 0 spiro atoms. The van der Waals surface area contributed by atoms with Crippen molar-refractivity contribution in [2.24, 2.45) is 5.41 Å². The fourth-order valence-corrected chi connectivity index (χ4v) is 4.61. The van der Waals surface area contributed by atoms with E-state index >= 15 is 0 Å². The van der Waals surface area contributed by atoms with Crippen LogP contribution in [0.5, 0.6) is 0 Å². The second kappa shape index (κ2) is 14.6. The summed E-state index contributed by atoms with van der Waals surface area (Å²) < 4.78 is 1.82. The van der Waals surface area contributed by atoms with Crippen molar-refractivity contribution >= 4 is 52.3 Å². The molecule has 1 amide bonds. The maximum Gasteiger partial charge on any atom is 0.308 e. The van der Waals surface area contributed by atoms with E-state index in [0.717, 1.165) is 35.2 Å². The second-order valence-electron chi connectivity index (χ2n) is 10.8. The minimum atomic E-state index is -0.757. The first-order valence-electron chi connectivity index (χ1n) is 13.5. The summed E-state index contributed by atoms with van der Waals surface area (Å²) in [6, 6.07) is 5.32. The summed E-state index contributed by atoms with van der Waals surface area (Å²) in [6.45, 7) is 10.8. The predicted molar refractivity (Wildman–Crippen MR) is 160 cm³/mol. The fraction of sp³-hybridized carbons (Fsp3) is 0.483. The molecular weight excluding hydrogens is 551 g/mol. The molecule has 11 heteroatoms. The smallest absolute Gasteiger partial charge is 0.308 e. The van der Waals surface area contributed by atoms with Gasteiger partial charge in [-0.3, -0.25) is 9.59 Å². The van der Waals surface area contributed by atoms with Gasteiger partial charge in [0.2, 0.25) is 6.41 Å². The van der Waals surface area contributed by atoms with Gasteiger partial charge in [0.25, 0.3) is 0 Å². The Bertz CT molecular complexity index is 1320. The number of nitrogens with one attached hydrogen (secondary N) is 1. The molecule has 0 radical (unpaired) electrons. The van der Waals surface area contributed by atoms with E-state index in [4.69, 9.17) is 33.3 Å². The summed E-state index contributed by atoms with van der Waals surface area (Å²) in [5.74, 6) is -0.757. The van der Waals surface area contributed by atoms with Crippen LogP contribution in [0.15, 0.2) is 36.7 Å². The first-order chi connectivity index (χ1) is 19.0. The molecule has 4 heterocycles. The van der Waals surface area contributed by atoms with Gasteiger partial charge in [-0.25, -0.2) is 14.6 Å². The van der Waals surface area contributed by atoms with Gasteiger partial charge in [0.15, 0.2) is 5.65 Å². The number of rotatable bonds is 4. The number of carbonyl (C=O) groups is 2. The number of carboxylic acids is 1. The van der Waals surface area contributed by atoms with Crippen molar-refractivity contribution in [1.82, 2.24) is 30.0 Å². The predicted octanol–water partition coefficient (Wildman–Crippen LogP) is 5.86. The number of benzene rings is 1. The summed E-state index contributed by atoms with van der Waals surface area (Å²) in [6.07, 6.45) is 11.3. The van der Waals surface area contributed by atoms with Crippen LogP contribution in [0, 0.1) is 5.41 Å². The number of carbonyl (C=O) groups excluding carboxylic acids is 1. The average molecular weight is 590 g/mol. The molecule has 3 aromatic rings. The number of hydrogen-bond acceptors (Lipinski definition) is 6. The Labute approximate surface area is 245 Å². The van der Waals surface area contributed by atoms with Crippen molar-refractivity contribution < 1.29 is 14.7 Å². The Hall–Kier alpha value is -3.01. The third-order valence-corrected chi connectivity index (χ3v) is 7.21. The Morgan fingerprint density at radius 1 is 1.15 bits per heavy atom. The highest BCUT2D eigenvalue weighted by Crippen LogP contribution is 2.30. The molecule has 216 valence electrons. The van der Waals surface area contributed by atoms with Gasteiger partial charge in [0.05, 0.1) is 29.5 Å². The zero-order valence-electron chi connectivity index (χ0n) is 23.5. The number of carboxylic acid groups (broad SMARTS) is 1. The summed E-state index contributed by atoms with van der Waals surface area (Å²) >= 11 is 12.4. The fourth-order valence-electron chi connectivity index (χ4n) is 4.05. The SMILES string of the molecule is C1CCNCC1.CC(C)(C)C(=O)O.C[C@H](c1ccc(Cl)cc1Cl)n1ncc2ncc(C3=CCN(C=O)CC3)nc21. The van der Waals surface area contributed by atoms with Gasteiger partial charge in [0, 0.05) is 23.1 Å². The number of nitrogens with zero attached hydrogens (tertiary/aromatic N) is 5. The van der Waals surface area contributed by atoms with E-state index in [1.165, 1.54) is 32.4 Å². The lowest BCUT2D eigenvalue weighted by molar-refractivity contribution is -0.145. The summed E-state index contributed by atoms with van der Waals surface area (Å²) in [7, 11) is 0. The Kier molecular flexibility index (Phi) is 11.5. The molecule has 2 aliphatic rings. The highest BCUT2D eigenvalue weighted by molar-refractivity contribution is 6.35. The summed E-state index contributed by atoms with van der Waals surface area (Å²) in [5.41, 5.74) is 3.65. The van der Waals surface area contributed by atoms with Gasteiger partial charge >= 0.3 is 5.97 Å². The lowest BCUT2D eigenvalue weighted by Crippen LogP contribution is -2.27. The highest BCUT2D eigenvalue weighted by Gasteiger charge is 2.20. The lowest BCUT2D eigenvalue weighted by atomic mass is 9.98. The third-order valence-electron chi connectivity index (χ3n) is 6.65. The van der Waals surface area contributed by atoms with Crippen LogP contribution in [0.4, 0.5) is 0 Å². The van der Waals surface area contributed by atoms with E-state index < -0.39 is 11.4 Å². The van der Waals surface area contributed by atoms with E-state index in [1.807, 2.05) is 29.8 Å². The van der Waals surface area contributed by atoms with E-state index in [-0.39, 0.29) is 6.04 Å². The van der Waals surface area contributed by atoms with Gasteiger partial charge in [-0.15, -0.1) is 0 Å². The van der Waals surface area contributed by atoms with Crippen LogP contribution < -0.4 is 5.32 Å². The molecule has 0 bridgehead atoms. The molecule has 2 aliphatic heterocycles. The molecule has 1 fully saturated rings. The van der Waals surface area contributed by atoms with Gasteiger partial charge in [0.1, 0.15) is 5.52 Å². The lowest BCUT2D eigenvalue weighted by Gasteiger charge is -2.22. The molecule has 1 saturated heterocycles. The first kappa shape index (κ1) is 31.5. The molecule has 0 aliphatic carbocycles. The molecule has 0 unspecified atom stereocenters. The molecule has 9 nitrogen and oxygen atoms in total. The van der Waals surface area contributed by atoms with Crippen molar-refractivity contribution in [3.63, 3.8) is 0 Å². The van der Waals surface area contributed by atoms with Crippen LogP contribution in [0.3, 0.4) is 0 Å². The van der Waals surface area contributed by atoms with Crippen LogP contribution in [-0.4, -0.2) is 68.3 Å². The molecule has 0 saturated carbocycles. The molecule has 1 atom stereocenters. The molecule has 2 aromatic heterocycles. The average Bonchev–Trinajstić information content (AvgIpc) is 3.37. The Morgan fingerprint density at radius 2 is 1.85 bits per heavy atom. The van der Waals surface area contributed by atoms with Crippen molar-refractivity contribution in [2.75, 3.05) is 26.2 Å². The van der Waals surface area contributed by atoms with Crippen molar-refractivity contribution in [1.29, 1.82) is 0 Å². The number of aromatic nitrogens is 4. The van der Waals surface area contributed by atoms with Gasteiger partial charge < -0.3 is 15.3 Å². The van der Waals surface area contributed by atoms with Crippen LogP contribution in [0.25, 0.3) is 16.7 Å². The maximum absolute atomic E-state index is 10.9. The number of piperidine rings is 1. The third kappa shape index (κ3) is 8.74. The Morgan fingerprint density at radius 3 is 2.35 bits per heavy atom. The standard InChI is InChI=1S/C19H17Cl2N5O.C5H11N.C5H10O2/c1-12(15-3-2-14(20)8-16(15)21)26-19-18(10-23-26)22-9-17(24-19)13-4-6-25(11-27)7-5-13;1-2-4-6-5-3-1;1-5(2,3)4(6)7/h2-4,8-12H,5-7H2,1H3;6H,1-5H2;1-3H3,(H,6,7)/t12-;;/m1../s1. The molecule has 40 heavy (non-hydrogen) atoms. The molecule has 2 N–H and O–H groups in total.